The average molecular weight is 298 g/mol. The summed E-state index contributed by atoms with van der Waals surface area (Å²) in [5.41, 5.74) is 7.42. The summed E-state index contributed by atoms with van der Waals surface area (Å²) in [5, 5.41) is 0.242. The van der Waals surface area contributed by atoms with E-state index in [1.165, 1.54) is 0 Å². The lowest BCUT2D eigenvalue weighted by atomic mass is 10.3. The number of aromatic nitrogens is 2. The molecule has 0 fully saturated rings. The summed E-state index contributed by atoms with van der Waals surface area (Å²) in [6, 6.07) is 5.46. The summed E-state index contributed by atoms with van der Waals surface area (Å²) in [6.45, 7) is 3.61. The molecular formula is C11H14N4O2S2. The Balaban J connectivity index is 2.16. The largest absolute Gasteiger partial charge is 0.375 e. The van der Waals surface area contributed by atoms with Gasteiger partial charge in [0.2, 0.25) is 0 Å². The summed E-state index contributed by atoms with van der Waals surface area (Å²) >= 11 is 0.955. The quantitative estimate of drug-likeness (QED) is 0.884. The highest BCUT2D eigenvalue weighted by atomic mass is 32.2. The zero-order valence-electron chi connectivity index (χ0n) is 10.5. The molecule has 6 nitrogen and oxygen atoms in total. The van der Waals surface area contributed by atoms with Crippen molar-refractivity contribution in [3.05, 3.63) is 35.3 Å². The van der Waals surface area contributed by atoms with Gasteiger partial charge in [0, 0.05) is 5.69 Å². The van der Waals surface area contributed by atoms with E-state index in [0.29, 0.717) is 11.4 Å². The van der Waals surface area contributed by atoms with Crippen molar-refractivity contribution in [2.45, 2.75) is 24.6 Å². The topological polar surface area (TPSA) is 98.0 Å². The number of pyridine rings is 1. The summed E-state index contributed by atoms with van der Waals surface area (Å²) in [5.74, 6) is 0. The van der Waals surface area contributed by atoms with Crippen LogP contribution >= 0.6 is 11.3 Å². The van der Waals surface area contributed by atoms with Crippen molar-refractivity contribution in [3.63, 3.8) is 0 Å². The first kappa shape index (κ1) is 13.9. The molecule has 0 radical (unpaired) electrons. The van der Waals surface area contributed by atoms with Crippen molar-refractivity contribution < 1.29 is 8.42 Å². The molecule has 0 atom stereocenters. The molecule has 0 spiro atoms. The Morgan fingerprint density at radius 2 is 2.05 bits per heavy atom. The number of hydrogen-bond acceptors (Lipinski definition) is 6. The Labute approximate surface area is 115 Å². The van der Waals surface area contributed by atoms with Crippen LogP contribution in [0.5, 0.6) is 0 Å². The lowest BCUT2D eigenvalue weighted by molar-refractivity contribution is 0.581. The second-order valence-corrected chi connectivity index (χ2v) is 7.01. The van der Waals surface area contributed by atoms with Crippen LogP contribution < -0.4 is 10.5 Å². The number of nitrogens with zero attached hydrogens (tertiary/aromatic N) is 2. The van der Waals surface area contributed by atoms with Crippen LogP contribution in [0.4, 0.5) is 5.13 Å². The predicted molar refractivity (Wildman–Crippen MR) is 74.3 cm³/mol. The van der Waals surface area contributed by atoms with E-state index in [1.54, 1.807) is 13.0 Å². The summed E-state index contributed by atoms with van der Waals surface area (Å²) in [7, 11) is -3.60. The SMILES string of the molecule is Cc1cccc(CNS(=O)(=O)c2sc(N)nc2C)n1. The van der Waals surface area contributed by atoms with Crippen LogP contribution in [0.1, 0.15) is 17.1 Å². The molecule has 0 aliphatic rings. The maximum atomic E-state index is 12.1. The van der Waals surface area contributed by atoms with Gasteiger partial charge in [-0.25, -0.2) is 18.1 Å². The van der Waals surface area contributed by atoms with Gasteiger partial charge in [0.1, 0.15) is 0 Å². The molecule has 19 heavy (non-hydrogen) atoms. The van der Waals surface area contributed by atoms with Gasteiger partial charge in [-0.1, -0.05) is 17.4 Å². The highest BCUT2D eigenvalue weighted by Gasteiger charge is 2.20. The fourth-order valence-corrected chi connectivity index (χ4v) is 3.93. The molecule has 0 aliphatic carbocycles. The van der Waals surface area contributed by atoms with Crippen LogP contribution in [-0.2, 0) is 16.6 Å². The molecule has 2 heterocycles. The van der Waals surface area contributed by atoms with Crippen LogP contribution in [0.3, 0.4) is 0 Å². The normalized spacial score (nSPS) is 11.7. The highest BCUT2D eigenvalue weighted by molar-refractivity contribution is 7.91. The van der Waals surface area contributed by atoms with E-state index in [1.807, 2.05) is 19.1 Å². The number of rotatable bonds is 4. The lowest BCUT2D eigenvalue weighted by Gasteiger charge is -2.05. The highest BCUT2D eigenvalue weighted by Crippen LogP contribution is 2.24. The molecule has 0 aromatic carbocycles. The maximum absolute atomic E-state index is 12.1. The number of sulfonamides is 1. The van der Waals surface area contributed by atoms with E-state index < -0.39 is 10.0 Å². The second kappa shape index (κ2) is 5.24. The van der Waals surface area contributed by atoms with E-state index in [0.717, 1.165) is 17.0 Å². The van der Waals surface area contributed by atoms with E-state index >= 15 is 0 Å². The minimum absolute atomic E-state index is 0.140. The number of aryl methyl sites for hydroxylation is 2. The molecule has 0 saturated carbocycles. The monoisotopic (exact) mass is 298 g/mol. The van der Waals surface area contributed by atoms with Gasteiger partial charge in [0.05, 0.1) is 17.9 Å². The number of anilines is 1. The van der Waals surface area contributed by atoms with Gasteiger partial charge in [-0.15, -0.1) is 0 Å². The first-order valence-corrected chi connectivity index (χ1v) is 7.83. The van der Waals surface area contributed by atoms with Crippen LogP contribution in [0.25, 0.3) is 0 Å². The van der Waals surface area contributed by atoms with Crippen LogP contribution in [-0.4, -0.2) is 18.4 Å². The minimum atomic E-state index is -3.60. The van der Waals surface area contributed by atoms with Gasteiger partial charge in [0.15, 0.2) is 9.34 Å². The maximum Gasteiger partial charge on any atom is 0.252 e. The predicted octanol–water partition coefficient (Wildman–Crippen LogP) is 1.22. The number of nitrogen functional groups attached to an aromatic ring is 1. The molecule has 0 bridgehead atoms. The van der Waals surface area contributed by atoms with Crippen molar-refractivity contribution in [3.8, 4) is 0 Å². The first-order chi connectivity index (χ1) is 8.88. The summed E-state index contributed by atoms with van der Waals surface area (Å²) in [6.07, 6.45) is 0. The number of thiazole rings is 1. The Kier molecular flexibility index (Phi) is 3.83. The molecule has 102 valence electrons. The van der Waals surface area contributed by atoms with Gasteiger partial charge >= 0.3 is 0 Å². The summed E-state index contributed by atoms with van der Waals surface area (Å²) < 4.78 is 26.8. The third kappa shape index (κ3) is 3.28. The Morgan fingerprint density at radius 1 is 1.32 bits per heavy atom. The summed E-state index contributed by atoms with van der Waals surface area (Å²) in [4.78, 5) is 8.14. The molecule has 0 unspecified atom stereocenters. The number of hydrogen-bond donors (Lipinski definition) is 2. The third-order valence-corrected chi connectivity index (χ3v) is 5.40. The average Bonchev–Trinajstić information content (AvgIpc) is 2.67. The molecular weight excluding hydrogens is 284 g/mol. The minimum Gasteiger partial charge on any atom is -0.375 e. The van der Waals surface area contributed by atoms with Crippen molar-refractivity contribution in [1.29, 1.82) is 0 Å². The fourth-order valence-electron chi connectivity index (χ4n) is 1.58. The van der Waals surface area contributed by atoms with Crippen LogP contribution in [0.2, 0.25) is 0 Å². The molecule has 3 N–H and O–H groups in total. The van der Waals surface area contributed by atoms with Gasteiger partial charge in [0.25, 0.3) is 10.0 Å². The zero-order chi connectivity index (χ0) is 14.0. The molecule has 0 aliphatic heterocycles. The van der Waals surface area contributed by atoms with E-state index in [-0.39, 0.29) is 15.9 Å². The Hall–Kier alpha value is -1.51. The van der Waals surface area contributed by atoms with E-state index in [9.17, 15) is 8.42 Å². The Morgan fingerprint density at radius 3 is 2.63 bits per heavy atom. The van der Waals surface area contributed by atoms with Gasteiger partial charge in [-0.3, -0.25) is 4.98 Å². The van der Waals surface area contributed by atoms with Crippen LogP contribution in [0, 0.1) is 13.8 Å². The van der Waals surface area contributed by atoms with Gasteiger partial charge < -0.3 is 5.73 Å². The van der Waals surface area contributed by atoms with E-state index in [2.05, 4.69) is 14.7 Å². The first-order valence-electron chi connectivity index (χ1n) is 5.53. The molecule has 0 amide bonds. The van der Waals surface area contributed by atoms with E-state index in [4.69, 9.17) is 5.73 Å². The fraction of sp³-hybridized carbons (Fsp3) is 0.273. The second-order valence-electron chi connectivity index (χ2n) is 4.02. The molecule has 0 saturated heterocycles. The zero-order valence-corrected chi connectivity index (χ0v) is 12.2. The molecule has 2 aromatic rings. The molecule has 2 aromatic heterocycles. The van der Waals surface area contributed by atoms with Gasteiger partial charge in [-0.05, 0) is 26.0 Å². The van der Waals surface area contributed by atoms with Crippen molar-refractivity contribution in [1.82, 2.24) is 14.7 Å². The van der Waals surface area contributed by atoms with Gasteiger partial charge in [-0.2, -0.15) is 0 Å². The molecule has 8 heteroatoms. The van der Waals surface area contributed by atoms with Crippen molar-refractivity contribution in [2.75, 3.05) is 5.73 Å². The van der Waals surface area contributed by atoms with Crippen molar-refractivity contribution in [2.24, 2.45) is 0 Å². The standard InChI is InChI=1S/C11H14N4O2S2/c1-7-4-3-5-9(14-7)6-13-19(16,17)10-8(2)15-11(12)18-10/h3-5,13H,6H2,1-2H3,(H2,12,15). The van der Waals surface area contributed by atoms with Crippen LogP contribution in [0.15, 0.2) is 22.4 Å². The number of nitrogens with one attached hydrogen (secondary N) is 1. The number of nitrogens with two attached hydrogens (primary N) is 1. The third-order valence-electron chi connectivity index (χ3n) is 2.40. The molecule has 2 rings (SSSR count). The lowest BCUT2D eigenvalue weighted by Crippen LogP contribution is -2.23. The Bertz CT molecular complexity index is 694. The smallest absolute Gasteiger partial charge is 0.252 e. The van der Waals surface area contributed by atoms with Crippen molar-refractivity contribution >= 4 is 26.5 Å².